The van der Waals surface area contributed by atoms with E-state index in [1.54, 1.807) is 0 Å². The summed E-state index contributed by atoms with van der Waals surface area (Å²) in [5.74, 6) is 1.89. The maximum Gasteiger partial charge on any atom is 0.103 e. The molecule has 0 bridgehead atoms. The molecular formula is C14H25N3. The predicted molar refractivity (Wildman–Crippen MR) is 70.8 cm³/mol. The number of nitrogens with one attached hydrogen (secondary N) is 2. The van der Waals surface area contributed by atoms with E-state index in [0.717, 1.165) is 18.3 Å². The van der Waals surface area contributed by atoms with E-state index in [9.17, 15) is 0 Å². The second kappa shape index (κ2) is 6.20. The van der Waals surface area contributed by atoms with Gasteiger partial charge in [-0.2, -0.15) is 0 Å². The van der Waals surface area contributed by atoms with Crippen molar-refractivity contribution in [2.45, 2.75) is 65.0 Å². The molecular weight excluding hydrogens is 210 g/mol. The van der Waals surface area contributed by atoms with E-state index in [4.69, 9.17) is 0 Å². The lowest BCUT2D eigenvalue weighted by atomic mass is 9.83. The van der Waals surface area contributed by atoms with Crippen LogP contribution in [0.15, 0.2) is 6.20 Å². The fourth-order valence-electron chi connectivity index (χ4n) is 2.98. The minimum atomic E-state index is 0.680. The molecule has 1 aliphatic carbocycles. The zero-order valence-electron chi connectivity index (χ0n) is 11.1. The highest BCUT2D eigenvalue weighted by atomic mass is 15.0. The standard InChI is InChI=1S/C14H25N3/c1-3-14(12-7-5-4-6-8-12)16-10-13-9-15-11(2)17-13/h9,12,14,16H,3-8,10H2,1-2H3,(H,15,17). The largest absolute Gasteiger partial charge is 0.345 e. The molecule has 1 fully saturated rings. The van der Waals surface area contributed by atoms with Crippen LogP contribution in [0.3, 0.4) is 0 Å². The van der Waals surface area contributed by atoms with Crippen molar-refractivity contribution in [3.05, 3.63) is 17.7 Å². The van der Waals surface area contributed by atoms with Gasteiger partial charge in [0, 0.05) is 24.5 Å². The first-order valence-electron chi connectivity index (χ1n) is 7.03. The zero-order valence-corrected chi connectivity index (χ0v) is 11.1. The summed E-state index contributed by atoms with van der Waals surface area (Å²) in [6.45, 7) is 5.22. The highest BCUT2D eigenvalue weighted by Crippen LogP contribution is 2.27. The first-order valence-corrected chi connectivity index (χ1v) is 7.03. The quantitative estimate of drug-likeness (QED) is 0.823. The molecule has 2 rings (SSSR count). The highest BCUT2D eigenvalue weighted by Gasteiger charge is 2.21. The summed E-state index contributed by atoms with van der Waals surface area (Å²) < 4.78 is 0. The van der Waals surface area contributed by atoms with E-state index in [0.29, 0.717) is 6.04 Å². The van der Waals surface area contributed by atoms with Crippen molar-refractivity contribution in [2.24, 2.45) is 5.92 Å². The van der Waals surface area contributed by atoms with Crippen molar-refractivity contribution in [1.82, 2.24) is 15.3 Å². The van der Waals surface area contributed by atoms with Crippen molar-refractivity contribution in [3.63, 3.8) is 0 Å². The summed E-state index contributed by atoms with van der Waals surface area (Å²) in [6.07, 6.45) is 10.3. The van der Waals surface area contributed by atoms with Gasteiger partial charge in [0.25, 0.3) is 0 Å². The van der Waals surface area contributed by atoms with Crippen LogP contribution in [0.4, 0.5) is 0 Å². The van der Waals surface area contributed by atoms with Gasteiger partial charge in [0.15, 0.2) is 0 Å². The molecule has 0 radical (unpaired) electrons. The number of H-pyrrole nitrogens is 1. The summed E-state index contributed by atoms with van der Waals surface area (Å²) in [7, 11) is 0. The average Bonchev–Trinajstić information content (AvgIpc) is 2.77. The van der Waals surface area contributed by atoms with Crippen LogP contribution in [0, 0.1) is 12.8 Å². The third-order valence-electron chi connectivity index (χ3n) is 3.97. The smallest absolute Gasteiger partial charge is 0.103 e. The van der Waals surface area contributed by atoms with Crippen LogP contribution in [-0.4, -0.2) is 16.0 Å². The lowest BCUT2D eigenvalue weighted by Gasteiger charge is -2.30. The lowest BCUT2D eigenvalue weighted by molar-refractivity contribution is 0.261. The van der Waals surface area contributed by atoms with Crippen LogP contribution < -0.4 is 5.32 Å². The Morgan fingerprint density at radius 2 is 2.18 bits per heavy atom. The zero-order chi connectivity index (χ0) is 12.1. The number of rotatable bonds is 5. The number of aromatic nitrogens is 2. The van der Waals surface area contributed by atoms with Gasteiger partial charge in [-0.05, 0) is 32.1 Å². The Labute approximate surface area is 104 Å². The molecule has 1 saturated carbocycles. The fraction of sp³-hybridized carbons (Fsp3) is 0.786. The number of imidazole rings is 1. The van der Waals surface area contributed by atoms with Gasteiger partial charge in [-0.15, -0.1) is 0 Å². The van der Waals surface area contributed by atoms with Gasteiger partial charge >= 0.3 is 0 Å². The van der Waals surface area contributed by atoms with Gasteiger partial charge < -0.3 is 10.3 Å². The molecule has 96 valence electrons. The van der Waals surface area contributed by atoms with E-state index in [1.807, 2.05) is 13.1 Å². The monoisotopic (exact) mass is 235 g/mol. The van der Waals surface area contributed by atoms with Crippen molar-refractivity contribution in [1.29, 1.82) is 0 Å². The van der Waals surface area contributed by atoms with E-state index in [2.05, 4.69) is 22.2 Å². The Hall–Kier alpha value is -0.830. The van der Waals surface area contributed by atoms with Gasteiger partial charge in [-0.1, -0.05) is 26.2 Å². The van der Waals surface area contributed by atoms with Gasteiger partial charge in [0.05, 0.1) is 0 Å². The molecule has 17 heavy (non-hydrogen) atoms. The third kappa shape index (κ3) is 3.56. The summed E-state index contributed by atoms with van der Waals surface area (Å²) in [5, 5.41) is 3.70. The number of hydrogen-bond acceptors (Lipinski definition) is 2. The van der Waals surface area contributed by atoms with E-state index >= 15 is 0 Å². The SMILES string of the molecule is CCC(NCc1cnc(C)[nH]1)C1CCCCC1. The maximum absolute atomic E-state index is 4.24. The first kappa shape index (κ1) is 12.6. The first-order chi connectivity index (χ1) is 8.29. The van der Waals surface area contributed by atoms with Crippen LogP contribution in [0.2, 0.25) is 0 Å². The predicted octanol–water partition coefficient (Wildman–Crippen LogP) is 3.17. The topological polar surface area (TPSA) is 40.7 Å². The summed E-state index contributed by atoms with van der Waals surface area (Å²) >= 11 is 0. The molecule has 1 heterocycles. The summed E-state index contributed by atoms with van der Waals surface area (Å²) in [4.78, 5) is 7.52. The highest BCUT2D eigenvalue weighted by molar-refractivity contribution is 4.99. The molecule has 1 unspecified atom stereocenters. The number of nitrogens with zero attached hydrogens (tertiary/aromatic N) is 1. The van der Waals surface area contributed by atoms with Gasteiger partial charge in [-0.3, -0.25) is 0 Å². The molecule has 0 amide bonds. The van der Waals surface area contributed by atoms with Crippen LogP contribution in [0.5, 0.6) is 0 Å². The molecule has 2 N–H and O–H groups in total. The van der Waals surface area contributed by atoms with E-state index < -0.39 is 0 Å². The molecule has 1 atom stereocenters. The molecule has 3 nitrogen and oxygen atoms in total. The lowest BCUT2D eigenvalue weighted by Crippen LogP contribution is -2.36. The average molecular weight is 235 g/mol. The van der Waals surface area contributed by atoms with Gasteiger partial charge in [0.1, 0.15) is 5.82 Å². The van der Waals surface area contributed by atoms with Crippen molar-refractivity contribution < 1.29 is 0 Å². The Morgan fingerprint density at radius 3 is 2.76 bits per heavy atom. The summed E-state index contributed by atoms with van der Waals surface area (Å²) in [6, 6.07) is 0.680. The van der Waals surface area contributed by atoms with Crippen LogP contribution in [-0.2, 0) is 6.54 Å². The van der Waals surface area contributed by atoms with Crippen molar-refractivity contribution in [3.8, 4) is 0 Å². The molecule has 0 aromatic carbocycles. The molecule has 0 spiro atoms. The number of aryl methyl sites for hydroxylation is 1. The molecule has 3 heteroatoms. The third-order valence-corrected chi connectivity index (χ3v) is 3.97. The molecule has 0 saturated heterocycles. The molecule has 1 aromatic heterocycles. The Bertz CT molecular complexity index is 326. The molecule has 0 aliphatic heterocycles. The molecule has 1 aliphatic rings. The fourth-order valence-corrected chi connectivity index (χ4v) is 2.98. The minimum Gasteiger partial charge on any atom is -0.345 e. The molecule has 1 aromatic rings. The van der Waals surface area contributed by atoms with Gasteiger partial charge in [0.2, 0.25) is 0 Å². The maximum atomic E-state index is 4.24. The number of hydrogen-bond donors (Lipinski definition) is 2. The Morgan fingerprint density at radius 1 is 1.41 bits per heavy atom. The van der Waals surface area contributed by atoms with E-state index in [-0.39, 0.29) is 0 Å². The second-order valence-corrected chi connectivity index (χ2v) is 5.29. The Kier molecular flexibility index (Phi) is 4.60. The van der Waals surface area contributed by atoms with Crippen LogP contribution in [0.1, 0.15) is 57.0 Å². The van der Waals surface area contributed by atoms with E-state index in [1.165, 1.54) is 44.2 Å². The van der Waals surface area contributed by atoms with Crippen molar-refractivity contribution >= 4 is 0 Å². The summed E-state index contributed by atoms with van der Waals surface area (Å²) in [5.41, 5.74) is 1.21. The minimum absolute atomic E-state index is 0.680. The normalized spacial score (nSPS) is 19.4. The number of aromatic amines is 1. The van der Waals surface area contributed by atoms with Crippen LogP contribution in [0.25, 0.3) is 0 Å². The Balaban J connectivity index is 1.82. The van der Waals surface area contributed by atoms with Crippen molar-refractivity contribution in [2.75, 3.05) is 0 Å². The second-order valence-electron chi connectivity index (χ2n) is 5.29. The van der Waals surface area contributed by atoms with Gasteiger partial charge in [-0.25, -0.2) is 4.98 Å². The van der Waals surface area contributed by atoms with Crippen LogP contribution >= 0.6 is 0 Å².